The van der Waals surface area contributed by atoms with E-state index in [-0.39, 0.29) is 5.91 Å². The van der Waals surface area contributed by atoms with Gasteiger partial charge in [0.1, 0.15) is 10.8 Å². The number of rotatable bonds is 6. The van der Waals surface area contributed by atoms with E-state index in [1.54, 1.807) is 0 Å². The van der Waals surface area contributed by atoms with Crippen LogP contribution in [0.4, 0.5) is 16.9 Å². The molecule has 9 nitrogen and oxygen atoms in total. The number of aromatic nitrogens is 4. The van der Waals surface area contributed by atoms with E-state index in [1.807, 2.05) is 13.0 Å². The van der Waals surface area contributed by atoms with Crippen molar-refractivity contribution in [1.82, 2.24) is 25.1 Å². The van der Waals surface area contributed by atoms with Crippen LogP contribution >= 0.6 is 11.3 Å². The molecule has 140 valence electrons. The fraction of sp³-hybridized carbons (Fsp3) is 0.562. The zero-order valence-corrected chi connectivity index (χ0v) is 15.9. The van der Waals surface area contributed by atoms with E-state index < -0.39 is 0 Å². The molecule has 1 fully saturated rings. The van der Waals surface area contributed by atoms with Gasteiger partial charge in [-0.25, -0.2) is 4.98 Å². The van der Waals surface area contributed by atoms with E-state index in [2.05, 4.69) is 42.2 Å². The van der Waals surface area contributed by atoms with Crippen LogP contribution in [0.2, 0.25) is 0 Å². The lowest BCUT2D eigenvalue weighted by Crippen LogP contribution is -2.49. The average Bonchev–Trinajstić information content (AvgIpc) is 3.02. The maximum atomic E-state index is 12.2. The van der Waals surface area contributed by atoms with E-state index in [0.29, 0.717) is 17.6 Å². The van der Waals surface area contributed by atoms with Crippen LogP contribution in [-0.2, 0) is 11.2 Å². The fourth-order valence-corrected chi connectivity index (χ4v) is 3.71. The van der Waals surface area contributed by atoms with Crippen molar-refractivity contribution in [3.05, 3.63) is 16.8 Å². The van der Waals surface area contributed by atoms with E-state index in [9.17, 15) is 4.79 Å². The number of nitrogens with one attached hydrogen (secondary N) is 1. The first kappa shape index (κ1) is 18.5. The summed E-state index contributed by atoms with van der Waals surface area (Å²) in [4.78, 5) is 24.9. The summed E-state index contributed by atoms with van der Waals surface area (Å²) in [5, 5.41) is 12.5. The minimum Gasteiger partial charge on any atom is -0.368 e. The lowest BCUT2D eigenvalue weighted by molar-refractivity contribution is -0.117. The summed E-state index contributed by atoms with van der Waals surface area (Å²) < 4.78 is 0. The minimum atomic E-state index is -0.0558. The Kier molecular flexibility index (Phi) is 5.94. The van der Waals surface area contributed by atoms with Gasteiger partial charge in [-0.1, -0.05) is 18.3 Å². The van der Waals surface area contributed by atoms with Crippen molar-refractivity contribution in [2.75, 3.05) is 48.7 Å². The predicted octanol–water partition coefficient (Wildman–Crippen LogP) is 0.932. The summed E-state index contributed by atoms with van der Waals surface area (Å²) in [6, 6.07) is 1.93. The van der Waals surface area contributed by atoms with Crippen molar-refractivity contribution >= 4 is 34.1 Å². The third kappa shape index (κ3) is 4.85. The van der Waals surface area contributed by atoms with E-state index in [0.717, 1.165) is 55.5 Å². The Morgan fingerprint density at radius 1 is 1.27 bits per heavy atom. The quantitative estimate of drug-likeness (QED) is 0.765. The number of hydrogen-bond donors (Lipinski definition) is 2. The molecule has 0 radical (unpaired) electrons. The van der Waals surface area contributed by atoms with Gasteiger partial charge in [0.2, 0.25) is 17.0 Å². The fourth-order valence-electron chi connectivity index (χ4n) is 2.85. The number of nitrogen functional groups attached to an aromatic ring is 1. The number of carbonyl (C=O) groups excluding carboxylic acids is 1. The van der Waals surface area contributed by atoms with Gasteiger partial charge in [0.25, 0.3) is 0 Å². The van der Waals surface area contributed by atoms with Crippen molar-refractivity contribution < 1.29 is 4.79 Å². The third-order valence-corrected chi connectivity index (χ3v) is 5.00. The molecule has 2 aromatic rings. The van der Waals surface area contributed by atoms with E-state index in [4.69, 9.17) is 5.73 Å². The van der Waals surface area contributed by atoms with Gasteiger partial charge in [0, 0.05) is 44.4 Å². The van der Waals surface area contributed by atoms with Crippen LogP contribution in [0.15, 0.2) is 6.07 Å². The molecule has 1 aliphatic heterocycles. The van der Waals surface area contributed by atoms with Crippen LogP contribution in [0.25, 0.3) is 0 Å². The van der Waals surface area contributed by atoms with Gasteiger partial charge in [-0.15, -0.1) is 10.2 Å². The SMILES string of the molecule is CCCc1nnc(NC(=O)CN2CCN(c3cc(C)nc(N)n3)CC2)s1. The lowest BCUT2D eigenvalue weighted by Gasteiger charge is -2.35. The molecule has 0 spiro atoms. The van der Waals surface area contributed by atoms with Gasteiger partial charge in [0.15, 0.2) is 0 Å². The molecular weight excluding hydrogens is 352 g/mol. The second kappa shape index (κ2) is 8.37. The maximum Gasteiger partial charge on any atom is 0.240 e. The normalized spacial score (nSPS) is 15.2. The molecule has 0 unspecified atom stereocenters. The largest absolute Gasteiger partial charge is 0.368 e. The second-order valence-corrected chi connectivity index (χ2v) is 7.35. The minimum absolute atomic E-state index is 0.0558. The smallest absolute Gasteiger partial charge is 0.240 e. The maximum absolute atomic E-state index is 12.2. The Morgan fingerprint density at radius 3 is 2.73 bits per heavy atom. The summed E-state index contributed by atoms with van der Waals surface area (Å²) >= 11 is 1.44. The third-order valence-electron chi connectivity index (χ3n) is 4.10. The second-order valence-electron chi connectivity index (χ2n) is 6.29. The van der Waals surface area contributed by atoms with Gasteiger partial charge in [0.05, 0.1) is 6.54 Å². The Bertz CT molecular complexity index is 736. The van der Waals surface area contributed by atoms with Crippen LogP contribution in [0.1, 0.15) is 24.0 Å². The van der Waals surface area contributed by atoms with Crippen LogP contribution in [0.3, 0.4) is 0 Å². The highest BCUT2D eigenvalue weighted by molar-refractivity contribution is 7.15. The van der Waals surface area contributed by atoms with Crippen molar-refractivity contribution in [2.24, 2.45) is 0 Å². The first-order valence-electron chi connectivity index (χ1n) is 8.74. The molecule has 0 bridgehead atoms. The first-order chi connectivity index (χ1) is 12.5. The van der Waals surface area contributed by atoms with Crippen molar-refractivity contribution in [3.8, 4) is 0 Å². The molecular formula is C16H24N8OS. The molecule has 0 atom stereocenters. The summed E-state index contributed by atoms with van der Waals surface area (Å²) in [5.41, 5.74) is 6.59. The van der Waals surface area contributed by atoms with Gasteiger partial charge in [-0.3, -0.25) is 15.0 Å². The zero-order chi connectivity index (χ0) is 18.5. The number of nitrogens with two attached hydrogens (primary N) is 1. The van der Waals surface area contributed by atoms with Crippen molar-refractivity contribution in [3.63, 3.8) is 0 Å². The number of anilines is 3. The molecule has 1 saturated heterocycles. The molecule has 3 heterocycles. The zero-order valence-electron chi connectivity index (χ0n) is 15.1. The van der Waals surface area contributed by atoms with Gasteiger partial charge < -0.3 is 10.6 Å². The molecule has 26 heavy (non-hydrogen) atoms. The summed E-state index contributed by atoms with van der Waals surface area (Å²) in [5.74, 6) is 1.08. The number of piperazine rings is 1. The van der Waals surface area contributed by atoms with Crippen molar-refractivity contribution in [2.45, 2.75) is 26.7 Å². The van der Waals surface area contributed by atoms with Crippen LogP contribution in [0, 0.1) is 6.92 Å². The highest BCUT2D eigenvalue weighted by atomic mass is 32.1. The summed E-state index contributed by atoms with van der Waals surface area (Å²) in [6.45, 7) is 7.51. The highest BCUT2D eigenvalue weighted by Crippen LogP contribution is 2.17. The summed E-state index contributed by atoms with van der Waals surface area (Å²) in [6.07, 6.45) is 1.91. The monoisotopic (exact) mass is 376 g/mol. The molecule has 1 amide bonds. The Hall–Kier alpha value is -2.33. The molecule has 2 aromatic heterocycles. The molecule has 1 aliphatic rings. The van der Waals surface area contributed by atoms with Crippen LogP contribution in [0.5, 0.6) is 0 Å². The highest BCUT2D eigenvalue weighted by Gasteiger charge is 2.21. The van der Waals surface area contributed by atoms with Crippen LogP contribution in [-0.4, -0.2) is 63.7 Å². The Labute approximate surface area is 156 Å². The Morgan fingerprint density at radius 2 is 2.04 bits per heavy atom. The molecule has 0 saturated carbocycles. The number of amides is 1. The van der Waals surface area contributed by atoms with Crippen molar-refractivity contribution in [1.29, 1.82) is 0 Å². The van der Waals surface area contributed by atoms with Gasteiger partial charge in [-0.05, 0) is 13.3 Å². The number of nitrogens with zero attached hydrogens (tertiary/aromatic N) is 6. The molecule has 0 aliphatic carbocycles. The molecule has 3 N–H and O–H groups in total. The topological polar surface area (TPSA) is 113 Å². The van der Waals surface area contributed by atoms with E-state index in [1.165, 1.54) is 11.3 Å². The molecule has 10 heteroatoms. The first-order valence-corrected chi connectivity index (χ1v) is 9.56. The Balaban J connectivity index is 1.47. The molecule has 0 aromatic carbocycles. The summed E-state index contributed by atoms with van der Waals surface area (Å²) in [7, 11) is 0. The van der Waals surface area contributed by atoms with Crippen LogP contribution < -0.4 is 16.0 Å². The number of aryl methyl sites for hydroxylation is 2. The number of hydrogen-bond acceptors (Lipinski definition) is 9. The van der Waals surface area contributed by atoms with E-state index >= 15 is 0 Å². The van der Waals surface area contributed by atoms with Gasteiger partial charge in [-0.2, -0.15) is 4.98 Å². The predicted molar refractivity (Wildman–Crippen MR) is 102 cm³/mol. The lowest BCUT2D eigenvalue weighted by atomic mass is 10.3. The number of carbonyl (C=O) groups is 1. The van der Waals surface area contributed by atoms with Gasteiger partial charge >= 0.3 is 0 Å². The average molecular weight is 376 g/mol. The molecule has 3 rings (SSSR count). The standard InChI is InChI=1S/C16H24N8OS/c1-3-4-14-21-22-16(26-14)20-13(25)10-23-5-7-24(8-6-23)12-9-11(2)18-15(17)19-12/h9H,3-8,10H2,1-2H3,(H2,17,18,19)(H,20,22,25).